The van der Waals surface area contributed by atoms with Crippen molar-refractivity contribution in [3.8, 4) is 0 Å². The van der Waals surface area contributed by atoms with Gasteiger partial charge in [-0.1, -0.05) is 29.3 Å². The first-order valence-electron chi connectivity index (χ1n) is 9.88. The van der Waals surface area contributed by atoms with Crippen LogP contribution in [0.15, 0.2) is 54.6 Å². The summed E-state index contributed by atoms with van der Waals surface area (Å²) in [5.74, 6) is -5.32. The summed E-state index contributed by atoms with van der Waals surface area (Å²) >= 11 is 24.7. The lowest BCUT2D eigenvalue weighted by molar-refractivity contribution is -0.117. The highest BCUT2D eigenvalue weighted by molar-refractivity contribution is 6.53. The zero-order valence-electron chi connectivity index (χ0n) is 17.0. The molecule has 176 valence electrons. The predicted octanol–water partition coefficient (Wildman–Crippen LogP) is 7.36. The standard InChI is InChI=1S/C24H14Cl4F3NO2/c25-13-5-12(6-14(26)8-13)21-22(24(21,27)28)23(34)32-16-3-4-18(30)17(10-16)20(33)7-11-1-2-15(29)9-19(11)31/h1-6,8-10,21-22H,7H2,(H,32,34)/t21-,22+/m0/s1. The highest BCUT2D eigenvalue weighted by Gasteiger charge is 2.67. The SMILES string of the molecule is O=C(Cc1ccc(F)cc1F)c1cc(NC(=O)[C@H]2[C@H](c3cc(Cl)cc(Cl)c3)C2(Cl)Cl)ccc1F. The van der Waals surface area contributed by atoms with Crippen molar-refractivity contribution in [3.05, 3.63) is 98.8 Å². The van der Waals surface area contributed by atoms with E-state index in [9.17, 15) is 22.8 Å². The second kappa shape index (κ2) is 9.42. The van der Waals surface area contributed by atoms with E-state index in [4.69, 9.17) is 46.4 Å². The zero-order valence-corrected chi connectivity index (χ0v) is 20.0. The van der Waals surface area contributed by atoms with Crippen molar-refractivity contribution in [3.63, 3.8) is 0 Å². The van der Waals surface area contributed by atoms with Crippen LogP contribution in [0.4, 0.5) is 18.9 Å². The summed E-state index contributed by atoms with van der Waals surface area (Å²) in [5, 5.41) is 3.29. The van der Waals surface area contributed by atoms with E-state index in [1.165, 1.54) is 12.1 Å². The number of Topliss-reactive ketones (excluding diaryl/α,β-unsaturated/α-hetero) is 1. The molecule has 2 atom stereocenters. The normalized spacial score (nSPS) is 18.4. The number of nitrogens with one attached hydrogen (secondary N) is 1. The summed E-state index contributed by atoms with van der Waals surface area (Å²) < 4.78 is 39.9. The molecule has 0 radical (unpaired) electrons. The smallest absolute Gasteiger partial charge is 0.231 e. The number of anilines is 1. The zero-order chi connectivity index (χ0) is 24.8. The third-order valence-corrected chi connectivity index (χ3v) is 6.86. The minimum Gasteiger partial charge on any atom is -0.326 e. The van der Waals surface area contributed by atoms with Gasteiger partial charge in [0.1, 0.15) is 21.8 Å². The van der Waals surface area contributed by atoms with Gasteiger partial charge in [0.2, 0.25) is 5.91 Å². The van der Waals surface area contributed by atoms with Gasteiger partial charge >= 0.3 is 0 Å². The predicted molar refractivity (Wildman–Crippen MR) is 127 cm³/mol. The Morgan fingerprint density at radius 1 is 0.882 bits per heavy atom. The Hall–Kier alpha value is -2.25. The van der Waals surface area contributed by atoms with Crippen LogP contribution in [0.3, 0.4) is 0 Å². The van der Waals surface area contributed by atoms with Crippen LogP contribution in [0.2, 0.25) is 10.0 Å². The molecule has 0 heterocycles. The first-order valence-corrected chi connectivity index (χ1v) is 11.4. The summed E-state index contributed by atoms with van der Waals surface area (Å²) in [6.07, 6.45) is -0.493. The molecule has 0 saturated heterocycles. The molecule has 4 rings (SSSR count). The van der Waals surface area contributed by atoms with Crippen LogP contribution < -0.4 is 5.32 Å². The van der Waals surface area contributed by atoms with E-state index in [-0.39, 0.29) is 16.8 Å². The van der Waals surface area contributed by atoms with Gasteiger partial charge in [0, 0.05) is 34.1 Å². The fourth-order valence-corrected chi connectivity index (χ4v) is 5.16. The van der Waals surface area contributed by atoms with Gasteiger partial charge in [0.25, 0.3) is 0 Å². The Kier molecular flexibility index (Phi) is 6.89. The fraction of sp³-hybridized carbons (Fsp3) is 0.167. The van der Waals surface area contributed by atoms with Crippen molar-refractivity contribution >= 4 is 63.8 Å². The average molecular weight is 547 g/mol. The Bertz CT molecular complexity index is 1300. The molecule has 34 heavy (non-hydrogen) atoms. The van der Waals surface area contributed by atoms with Crippen molar-refractivity contribution in [1.82, 2.24) is 0 Å². The minimum absolute atomic E-state index is 0.0877. The molecule has 1 aliphatic rings. The number of hydrogen-bond donors (Lipinski definition) is 1. The summed E-state index contributed by atoms with van der Waals surface area (Å²) in [5.41, 5.74) is 0.251. The van der Waals surface area contributed by atoms with Gasteiger partial charge in [0.05, 0.1) is 11.5 Å². The second-order valence-electron chi connectivity index (χ2n) is 7.85. The van der Waals surface area contributed by atoms with Crippen molar-refractivity contribution in [2.45, 2.75) is 16.7 Å². The number of carbonyl (C=O) groups excluding carboxylic acids is 2. The third-order valence-electron chi connectivity index (χ3n) is 5.48. The van der Waals surface area contributed by atoms with Gasteiger partial charge in [-0.2, -0.15) is 0 Å². The second-order valence-corrected chi connectivity index (χ2v) is 10.2. The number of rotatable bonds is 6. The molecule has 3 aromatic carbocycles. The summed E-state index contributed by atoms with van der Waals surface area (Å²) in [4.78, 5) is 25.4. The number of ketones is 1. The van der Waals surface area contributed by atoms with Crippen LogP contribution in [-0.4, -0.2) is 16.0 Å². The molecular formula is C24H14Cl4F3NO2. The first-order chi connectivity index (χ1) is 16.0. The average Bonchev–Trinajstić information content (AvgIpc) is 3.33. The molecule has 0 spiro atoms. The van der Waals surface area contributed by atoms with Crippen molar-refractivity contribution in [1.29, 1.82) is 0 Å². The number of alkyl halides is 2. The van der Waals surface area contributed by atoms with Gasteiger partial charge in [0.15, 0.2) is 5.78 Å². The Morgan fingerprint density at radius 2 is 1.56 bits per heavy atom. The topological polar surface area (TPSA) is 46.2 Å². The van der Waals surface area contributed by atoms with Crippen LogP contribution in [0, 0.1) is 23.4 Å². The maximum atomic E-state index is 14.3. The van der Waals surface area contributed by atoms with E-state index < -0.39 is 51.7 Å². The minimum atomic E-state index is -1.42. The van der Waals surface area contributed by atoms with E-state index in [0.29, 0.717) is 21.7 Å². The third kappa shape index (κ3) is 5.05. The number of carbonyl (C=O) groups is 2. The number of amides is 1. The van der Waals surface area contributed by atoms with Crippen molar-refractivity contribution < 1.29 is 22.8 Å². The molecule has 1 aliphatic carbocycles. The molecule has 0 aliphatic heterocycles. The molecular weight excluding hydrogens is 533 g/mol. The maximum absolute atomic E-state index is 14.3. The van der Waals surface area contributed by atoms with E-state index in [1.807, 2.05) is 0 Å². The van der Waals surface area contributed by atoms with E-state index in [0.717, 1.165) is 24.3 Å². The number of benzene rings is 3. The Labute approximate surface area is 212 Å². The lowest BCUT2D eigenvalue weighted by Crippen LogP contribution is -2.18. The van der Waals surface area contributed by atoms with Gasteiger partial charge in [-0.3, -0.25) is 9.59 Å². The lowest BCUT2D eigenvalue weighted by Gasteiger charge is -2.09. The fourth-order valence-electron chi connectivity index (χ4n) is 3.79. The summed E-state index contributed by atoms with van der Waals surface area (Å²) in [6.45, 7) is 0. The van der Waals surface area contributed by atoms with Crippen LogP contribution in [0.1, 0.15) is 27.4 Å². The van der Waals surface area contributed by atoms with Crippen LogP contribution >= 0.6 is 46.4 Å². The van der Waals surface area contributed by atoms with Crippen LogP contribution in [0.25, 0.3) is 0 Å². The Morgan fingerprint density at radius 3 is 2.21 bits per heavy atom. The number of hydrogen-bond acceptors (Lipinski definition) is 2. The largest absolute Gasteiger partial charge is 0.326 e. The molecule has 3 aromatic rings. The van der Waals surface area contributed by atoms with E-state index in [2.05, 4.69) is 5.32 Å². The van der Waals surface area contributed by atoms with Gasteiger partial charge in [-0.25, -0.2) is 13.2 Å². The van der Waals surface area contributed by atoms with Crippen LogP contribution in [-0.2, 0) is 11.2 Å². The van der Waals surface area contributed by atoms with Crippen molar-refractivity contribution in [2.75, 3.05) is 5.32 Å². The molecule has 1 N–H and O–H groups in total. The van der Waals surface area contributed by atoms with Crippen LogP contribution in [0.5, 0.6) is 0 Å². The van der Waals surface area contributed by atoms with E-state index in [1.54, 1.807) is 12.1 Å². The van der Waals surface area contributed by atoms with Gasteiger partial charge in [-0.15, -0.1) is 23.2 Å². The summed E-state index contributed by atoms with van der Waals surface area (Å²) in [7, 11) is 0. The van der Waals surface area contributed by atoms with E-state index >= 15 is 0 Å². The van der Waals surface area contributed by atoms with Crippen molar-refractivity contribution in [2.24, 2.45) is 5.92 Å². The molecule has 1 amide bonds. The van der Waals surface area contributed by atoms with Gasteiger partial charge in [-0.05, 0) is 53.6 Å². The molecule has 3 nitrogen and oxygen atoms in total. The molecule has 1 saturated carbocycles. The number of halogens is 7. The Balaban J connectivity index is 1.52. The lowest BCUT2D eigenvalue weighted by atomic mass is 10.0. The quantitative estimate of drug-likeness (QED) is 0.259. The molecule has 0 unspecified atom stereocenters. The first kappa shape index (κ1) is 24.9. The molecule has 10 heteroatoms. The van der Waals surface area contributed by atoms with Gasteiger partial charge < -0.3 is 5.32 Å². The summed E-state index contributed by atoms with van der Waals surface area (Å²) in [6, 6.07) is 10.9. The highest BCUT2D eigenvalue weighted by atomic mass is 35.5. The highest BCUT2D eigenvalue weighted by Crippen LogP contribution is 2.65. The molecule has 0 bridgehead atoms. The molecule has 0 aromatic heterocycles. The molecule has 1 fully saturated rings. The monoisotopic (exact) mass is 545 g/mol. The maximum Gasteiger partial charge on any atom is 0.231 e.